The molecule has 0 heterocycles. The molecule has 1 radical (unpaired) electrons. The van der Waals surface area contributed by atoms with E-state index in [-0.39, 0.29) is 5.75 Å². The molecule has 4 heteroatoms. The number of benzene rings is 1. The maximum absolute atomic E-state index is 10.3. The van der Waals surface area contributed by atoms with Crippen molar-refractivity contribution in [2.75, 3.05) is 7.11 Å². The molecule has 0 spiro atoms. The first kappa shape index (κ1) is 8.39. The van der Waals surface area contributed by atoms with Gasteiger partial charge < -0.3 is 9.47 Å². The van der Waals surface area contributed by atoms with Crippen molar-refractivity contribution in [1.82, 2.24) is 5.73 Å². The molecule has 0 atom stereocenters. The zero-order valence-electron chi connectivity index (χ0n) is 6.53. The zero-order chi connectivity index (χ0) is 8.97. The van der Waals surface area contributed by atoms with Crippen LogP contribution in [0.1, 0.15) is 0 Å². The molecule has 63 valence electrons. The van der Waals surface area contributed by atoms with E-state index in [4.69, 9.17) is 10.5 Å². The van der Waals surface area contributed by atoms with Crippen molar-refractivity contribution in [2.45, 2.75) is 0 Å². The van der Waals surface area contributed by atoms with Gasteiger partial charge in [-0.2, -0.15) is 0 Å². The molecule has 12 heavy (non-hydrogen) atoms. The van der Waals surface area contributed by atoms with Gasteiger partial charge in [-0.3, -0.25) is 0 Å². The summed E-state index contributed by atoms with van der Waals surface area (Å²) in [4.78, 5) is 10.3. The fourth-order valence-electron chi connectivity index (χ4n) is 0.803. The fraction of sp³-hybridized carbons (Fsp3) is 0.125. The summed E-state index contributed by atoms with van der Waals surface area (Å²) in [5.74, 6) is 0.707. The minimum absolute atomic E-state index is 0.264. The number of para-hydroxylation sites is 2. The predicted molar refractivity (Wildman–Crippen MR) is 42.1 cm³/mol. The molecule has 0 bridgehead atoms. The molecular formula is C8H8NO3. The normalized spacial score (nSPS) is 9.08. The highest BCUT2D eigenvalue weighted by Gasteiger charge is 2.04. The van der Waals surface area contributed by atoms with Crippen LogP contribution in [0.2, 0.25) is 0 Å². The Morgan fingerprint density at radius 1 is 1.33 bits per heavy atom. The summed E-state index contributed by atoms with van der Waals surface area (Å²) < 4.78 is 9.42. The van der Waals surface area contributed by atoms with Crippen LogP contribution in [-0.2, 0) is 0 Å². The average Bonchev–Trinajstić information content (AvgIpc) is 2.04. The third kappa shape index (κ3) is 1.88. The van der Waals surface area contributed by atoms with Crippen LogP contribution in [0.15, 0.2) is 24.3 Å². The molecule has 0 aliphatic carbocycles. The third-order valence-electron chi connectivity index (χ3n) is 1.27. The van der Waals surface area contributed by atoms with Gasteiger partial charge in [-0.25, -0.2) is 10.5 Å². The molecule has 0 saturated heterocycles. The number of hydrogen-bond donors (Lipinski definition) is 0. The standard InChI is InChI=1S/C8H8NO3/c1-11-6-4-2-3-5-7(6)12-8(9)10/h2-5,9H,1H3. The van der Waals surface area contributed by atoms with E-state index >= 15 is 0 Å². The molecule has 0 fully saturated rings. The average molecular weight is 166 g/mol. The van der Waals surface area contributed by atoms with Crippen LogP contribution in [0, 0.1) is 0 Å². The summed E-state index contributed by atoms with van der Waals surface area (Å²) in [6.07, 6.45) is -1.10. The molecule has 0 aliphatic heterocycles. The van der Waals surface area contributed by atoms with Gasteiger partial charge in [0, 0.05) is 0 Å². The van der Waals surface area contributed by atoms with Crippen LogP contribution >= 0.6 is 0 Å². The van der Waals surface area contributed by atoms with Gasteiger partial charge in [-0.05, 0) is 12.1 Å². The van der Waals surface area contributed by atoms with Gasteiger partial charge >= 0.3 is 6.09 Å². The molecule has 1 N–H and O–H groups in total. The van der Waals surface area contributed by atoms with Gasteiger partial charge in [-0.1, -0.05) is 12.1 Å². The first-order chi connectivity index (χ1) is 5.74. The van der Waals surface area contributed by atoms with Crippen LogP contribution in [0.4, 0.5) is 4.79 Å². The lowest BCUT2D eigenvalue weighted by atomic mass is 10.3. The second kappa shape index (κ2) is 3.61. The molecule has 1 rings (SSSR count). The van der Waals surface area contributed by atoms with Gasteiger partial charge in [0.25, 0.3) is 0 Å². The Balaban J connectivity index is 2.89. The van der Waals surface area contributed by atoms with E-state index < -0.39 is 6.09 Å². The number of methoxy groups -OCH3 is 1. The van der Waals surface area contributed by atoms with Crippen molar-refractivity contribution in [3.05, 3.63) is 24.3 Å². The summed E-state index contributed by atoms with van der Waals surface area (Å²) in [6.45, 7) is 0. The number of carbonyl (C=O) groups is 1. The maximum Gasteiger partial charge on any atom is 0.431 e. The summed E-state index contributed by atoms with van der Waals surface area (Å²) >= 11 is 0. The van der Waals surface area contributed by atoms with Crippen molar-refractivity contribution >= 4 is 6.09 Å². The lowest BCUT2D eigenvalue weighted by Crippen LogP contribution is -2.06. The van der Waals surface area contributed by atoms with Crippen molar-refractivity contribution in [2.24, 2.45) is 0 Å². The second-order valence-electron chi connectivity index (χ2n) is 2.04. The van der Waals surface area contributed by atoms with E-state index in [0.29, 0.717) is 5.75 Å². The Morgan fingerprint density at radius 3 is 2.42 bits per heavy atom. The molecule has 1 amide bonds. The van der Waals surface area contributed by atoms with Crippen molar-refractivity contribution < 1.29 is 14.3 Å². The zero-order valence-corrected chi connectivity index (χ0v) is 6.53. The highest BCUT2D eigenvalue weighted by atomic mass is 16.6. The minimum Gasteiger partial charge on any atom is -0.493 e. The largest absolute Gasteiger partial charge is 0.493 e. The highest BCUT2D eigenvalue weighted by Crippen LogP contribution is 2.25. The van der Waals surface area contributed by atoms with Crippen LogP contribution in [-0.4, -0.2) is 13.2 Å². The SMILES string of the molecule is COc1ccccc1OC([NH])=O. The molecule has 1 aromatic rings. The number of carbonyl (C=O) groups excluding carboxylic acids is 1. The van der Waals surface area contributed by atoms with Gasteiger partial charge in [0.05, 0.1) is 7.11 Å². The highest BCUT2D eigenvalue weighted by molar-refractivity contribution is 5.68. The summed E-state index contributed by atoms with van der Waals surface area (Å²) in [5.41, 5.74) is 6.57. The summed E-state index contributed by atoms with van der Waals surface area (Å²) in [6, 6.07) is 6.66. The van der Waals surface area contributed by atoms with Crippen LogP contribution < -0.4 is 15.2 Å². The number of amides is 1. The Labute approximate surface area is 69.9 Å². The first-order valence-corrected chi connectivity index (χ1v) is 3.30. The van der Waals surface area contributed by atoms with Gasteiger partial charge in [0.1, 0.15) is 0 Å². The molecular weight excluding hydrogens is 158 g/mol. The second-order valence-corrected chi connectivity index (χ2v) is 2.04. The van der Waals surface area contributed by atoms with E-state index in [2.05, 4.69) is 4.74 Å². The molecule has 1 aromatic carbocycles. The van der Waals surface area contributed by atoms with Gasteiger partial charge in [-0.15, -0.1) is 0 Å². The van der Waals surface area contributed by atoms with Crippen molar-refractivity contribution in [3.63, 3.8) is 0 Å². The van der Waals surface area contributed by atoms with E-state index in [1.807, 2.05) is 0 Å². The Bertz CT molecular complexity index is 285. The number of rotatable bonds is 2. The maximum atomic E-state index is 10.3. The van der Waals surface area contributed by atoms with E-state index in [0.717, 1.165) is 0 Å². The molecule has 0 unspecified atom stereocenters. The predicted octanol–water partition coefficient (Wildman–Crippen LogP) is 1.48. The quantitative estimate of drug-likeness (QED) is 0.668. The van der Waals surface area contributed by atoms with Crippen LogP contribution in [0.25, 0.3) is 0 Å². The molecule has 0 saturated carbocycles. The molecule has 0 aliphatic rings. The lowest BCUT2D eigenvalue weighted by molar-refractivity contribution is 0.207. The molecule has 4 nitrogen and oxygen atoms in total. The summed E-state index contributed by atoms with van der Waals surface area (Å²) in [7, 11) is 1.47. The van der Waals surface area contributed by atoms with Crippen LogP contribution in [0.3, 0.4) is 0 Å². The lowest BCUT2D eigenvalue weighted by Gasteiger charge is -2.05. The summed E-state index contributed by atoms with van der Waals surface area (Å²) in [5, 5.41) is 0. The monoisotopic (exact) mass is 166 g/mol. The Morgan fingerprint density at radius 2 is 1.92 bits per heavy atom. The number of ether oxygens (including phenoxy) is 2. The van der Waals surface area contributed by atoms with Gasteiger partial charge in [0.2, 0.25) is 0 Å². The third-order valence-corrected chi connectivity index (χ3v) is 1.27. The van der Waals surface area contributed by atoms with Crippen LogP contribution in [0.5, 0.6) is 11.5 Å². The Kier molecular flexibility index (Phi) is 2.53. The number of hydrogen-bond acceptors (Lipinski definition) is 3. The number of nitrogens with one attached hydrogen (secondary N) is 1. The smallest absolute Gasteiger partial charge is 0.431 e. The first-order valence-electron chi connectivity index (χ1n) is 3.30. The van der Waals surface area contributed by atoms with E-state index in [1.165, 1.54) is 7.11 Å². The minimum atomic E-state index is -1.10. The van der Waals surface area contributed by atoms with Gasteiger partial charge in [0.15, 0.2) is 11.5 Å². The van der Waals surface area contributed by atoms with Crippen molar-refractivity contribution in [1.29, 1.82) is 0 Å². The topological polar surface area (TPSA) is 59.3 Å². The van der Waals surface area contributed by atoms with Crippen molar-refractivity contribution in [3.8, 4) is 11.5 Å². The molecule has 0 aromatic heterocycles. The fourth-order valence-corrected chi connectivity index (χ4v) is 0.803. The Hall–Kier alpha value is -1.71. The van der Waals surface area contributed by atoms with E-state index in [1.54, 1.807) is 24.3 Å². The van der Waals surface area contributed by atoms with E-state index in [9.17, 15) is 4.79 Å².